The molecule has 0 atom stereocenters. The van der Waals surface area contributed by atoms with Crippen LogP contribution in [0.15, 0.2) is 0 Å². The normalized spacial score (nSPS) is 8.57. The molecule has 0 aromatic heterocycles. The minimum atomic E-state index is -4.61. The molecule has 0 radical (unpaired) electrons. The van der Waals surface area contributed by atoms with E-state index < -0.39 is 9.05 Å². The first-order chi connectivity index (χ1) is 2.00. The maximum absolute atomic E-state index is 7.33. The molecule has 0 aliphatic carbocycles. The van der Waals surface area contributed by atoms with Gasteiger partial charge in [-0.05, 0) is 0 Å². The van der Waals surface area contributed by atoms with Gasteiger partial charge in [0.05, 0.1) is 0 Å². The van der Waals surface area contributed by atoms with E-state index in [1.54, 1.807) is 0 Å². The summed E-state index contributed by atoms with van der Waals surface area (Å²) in [4.78, 5) is 29.3. The average Bonchev–Trinajstić information content (AvgIpc) is 0.722. The first-order valence-corrected chi connectivity index (χ1v) is 2.68. The molecule has 0 bridgehead atoms. The van der Waals surface area contributed by atoms with Crippen LogP contribution in [0.5, 0.6) is 0 Å². The van der Waals surface area contributed by atoms with Gasteiger partial charge in [0, 0.05) is 21.7 Å². The monoisotopic (exact) mass is 152 g/mol. The van der Waals surface area contributed by atoms with Crippen molar-refractivity contribution < 1.29 is 40.9 Å². The zero-order valence-corrected chi connectivity index (χ0v) is 5.35. The van der Waals surface area contributed by atoms with Gasteiger partial charge in [-0.2, -0.15) is 0 Å². The fraction of sp³-hybridized carbons (Fsp3) is 0. The summed E-state index contributed by atoms with van der Waals surface area (Å²) >= 11 is 0. The predicted molar refractivity (Wildman–Crippen MR) is 21.8 cm³/mol. The van der Waals surface area contributed by atoms with Crippen molar-refractivity contribution in [2.24, 2.45) is 0 Å². The molecule has 7 heavy (non-hydrogen) atoms. The summed E-state index contributed by atoms with van der Waals surface area (Å²) in [6.45, 7) is 0. The molecular formula is H5LiO4SiTi. The van der Waals surface area contributed by atoms with Crippen LogP contribution in [0, 0.1) is 0 Å². The average molecular weight is 152 g/mol. The second kappa shape index (κ2) is 5.50. The molecule has 4 nitrogen and oxygen atoms in total. The summed E-state index contributed by atoms with van der Waals surface area (Å²) in [5.74, 6) is 0. The van der Waals surface area contributed by atoms with E-state index in [4.69, 9.17) is 19.2 Å². The molecule has 0 heterocycles. The van der Waals surface area contributed by atoms with Gasteiger partial charge in [0.1, 0.15) is 0 Å². The Morgan fingerprint density at radius 1 is 0.857 bits per heavy atom. The summed E-state index contributed by atoms with van der Waals surface area (Å²) in [6, 6.07) is 0. The van der Waals surface area contributed by atoms with Gasteiger partial charge in [-0.1, -0.05) is 0 Å². The Morgan fingerprint density at radius 2 is 0.857 bits per heavy atom. The van der Waals surface area contributed by atoms with Crippen LogP contribution in [0.2, 0.25) is 0 Å². The predicted octanol–water partition coefficient (Wildman–Crippen LogP) is -3.26. The fourth-order valence-corrected chi connectivity index (χ4v) is 0. The Kier molecular flexibility index (Phi) is 12.4. The van der Waals surface area contributed by atoms with E-state index in [0.717, 1.165) is 0 Å². The second-order valence-electron chi connectivity index (χ2n) is 0.600. The van der Waals surface area contributed by atoms with Crippen molar-refractivity contribution in [2.45, 2.75) is 0 Å². The Labute approximate surface area is 68.7 Å². The molecule has 0 saturated heterocycles. The maximum Gasteiger partial charge on any atom is 0 e. The van der Waals surface area contributed by atoms with E-state index in [0.29, 0.717) is 0 Å². The van der Waals surface area contributed by atoms with Gasteiger partial charge in [-0.25, -0.2) is 0 Å². The summed E-state index contributed by atoms with van der Waals surface area (Å²) in [5.41, 5.74) is 0. The van der Waals surface area contributed by atoms with Crippen molar-refractivity contribution in [2.75, 3.05) is 0 Å². The van der Waals surface area contributed by atoms with Crippen LogP contribution >= 0.6 is 0 Å². The van der Waals surface area contributed by atoms with Crippen LogP contribution in [0.25, 0.3) is 0 Å². The van der Waals surface area contributed by atoms with Crippen LogP contribution in [-0.4, -0.2) is 47.1 Å². The largest absolute Gasteiger partial charge is 0 e. The molecule has 0 aromatic carbocycles. The van der Waals surface area contributed by atoms with E-state index in [-0.39, 0.29) is 40.6 Å². The van der Waals surface area contributed by atoms with E-state index >= 15 is 0 Å². The van der Waals surface area contributed by atoms with Crippen molar-refractivity contribution in [3.63, 3.8) is 0 Å². The molecular weight excluding hydrogens is 147 g/mol. The minimum absolute atomic E-state index is 0. The molecule has 4 N–H and O–H groups in total. The Balaban J connectivity index is -0.0000000800. The van der Waals surface area contributed by atoms with E-state index in [9.17, 15) is 0 Å². The Bertz CT molecular complexity index is 27.2. The van der Waals surface area contributed by atoms with Crippen molar-refractivity contribution >= 4 is 27.9 Å². The minimum Gasteiger partial charge on any atom is 0 e. The number of hydrogen-bond acceptors (Lipinski definition) is 4. The Hall–Kier alpha value is 1.37. The van der Waals surface area contributed by atoms with Crippen molar-refractivity contribution in [1.82, 2.24) is 0 Å². The third kappa shape index (κ3) is 113. The summed E-state index contributed by atoms with van der Waals surface area (Å²) in [6.07, 6.45) is 0. The van der Waals surface area contributed by atoms with Crippen molar-refractivity contribution in [1.29, 1.82) is 0 Å². The topological polar surface area (TPSA) is 80.9 Å². The van der Waals surface area contributed by atoms with Gasteiger partial charge in [0.2, 0.25) is 0 Å². The van der Waals surface area contributed by atoms with Crippen LogP contribution in [-0.2, 0) is 21.7 Å². The van der Waals surface area contributed by atoms with E-state index in [2.05, 4.69) is 0 Å². The van der Waals surface area contributed by atoms with Gasteiger partial charge in [-0.3, -0.25) is 0 Å². The molecule has 7 heteroatoms. The fourth-order valence-electron chi connectivity index (χ4n) is 0. The van der Waals surface area contributed by atoms with Crippen LogP contribution < -0.4 is 0 Å². The molecule has 0 spiro atoms. The van der Waals surface area contributed by atoms with Gasteiger partial charge in [-0.15, -0.1) is 0 Å². The maximum atomic E-state index is 7.33. The zero-order chi connectivity index (χ0) is 4.50. The molecule has 0 saturated carbocycles. The van der Waals surface area contributed by atoms with Gasteiger partial charge in [0.15, 0.2) is 0 Å². The van der Waals surface area contributed by atoms with Gasteiger partial charge < -0.3 is 19.2 Å². The molecule has 0 amide bonds. The smallest absolute Gasteiger partial charge is 0 e. The quantitative estimate of drug-likeness (QED) is 0.274. The van der Waals surface area contributed by atoms with Gasteiger partial charge >= 0.3 is 27.9 Å². The zero-order valence-electron chi connectivity index (χ0n) is 2.79. The first-order valence-electron chi connectivity index (χ1n) is 0.894. The molecule has 0 unspecified atom stereocenters. The van der Waals surface area contributed by atoms with Gasteiger partial charge in [0.25, 0.3) is 0 Å². The molecule has 0 aliphatic heterocycles. The third-order valence-electron chi connectivity index (χ3n) is 0. The van der Waals surface area contributed by atoms with Crippen LogP contribution in [0.1, 0.15) is 0 Å². The van der Waals surface area contributed by atoms with E-state index in [1.807, 2.05) is 0 Å². The second-order valence-corrected chi connectivity index (χ2v) is 1.80. The summed E-state index contributed by atoms with van der Waals surface area (Å²) < 4.78 is 0. The van der Waals surface area contributed by atoms with E-state index in [1.165, 1.54) is 0 Å². The molecule has 0 aromatic rings. The SMILES string of the molecule is O[Si](O)(O)O.[LiH].[Ti]. The number of hydrogen-bond donors (Lipinski definition) is 4. The number of rotatable bonds is 0. The Morgan fingerprint density at radius 3 is 0.857 bits per heavy atom. The van der Waals surface area contributed by atoms with Crippen molar-refractivity contribution in [3.8, 4) is 0 Å². The summed E-state index contributed by atoms with van der Waals surface area (Å²) in [7, 11) is -4.61. The van der Waals surface area contributed by atoms with Crippen LogP contribution in [0.3, 0.4) is 0 Å². The third-order valence-corrected chi connectivity index (χ3v) is 0. The standard InChI is InChI=1S/Li.H4O4Si.Ti.H/c;1-5(2,3)4;;/h;1-4H;;. The summed E-state index contributed by atoms with van der Waals surface area (Å²) in [5, 5.41) is 0. The molecule has 0 rings (SSSR count). The molecule has 0 aliphatic rings. The first kappa shape index (κ1) is 15.8. The molecule has 0 fully saturated rings. The van der Waals surface area contributed by atoms with Crippen molar-refractivity contribution in [3.05, 3.63) is 0 Å². The molecule has 38 valence electrons. The van der Waals surface area contributed by atoms with Crippen LogP contribution in [0.4, 0.5) is 0 Å².